The molecule has 2 aromatic carbocycles. The van der Waals surface area contributed by atoms with Gasteiger partial charge in [0.2, 0.25) is 5.78 Å². The largest absolute Gasteiger partial charge is 0.452 e. The monoisotopic (exact) mass is 414 g/mol. The second-order valence-electron chi connectivity index (χ2n) is 7.55. The zero-order valence-electron chi connectivity index (χ0n) is 16.9. The van der Waals surface area contributed by atoms with Crippen molar-refractivity contribution in [3.05, 3.63) is 82.9 Å². The molecule has 2 aliphatic heterocycles. The van der Waals surface area contributed by atoms with Crippen LogP contribution in [0.15, 0.2) is 66.2 Å². The third-order valence-electron chi connectivity index (χ3n) is 5.22. The molecule has 3 heterocycles. The van der Waals surface area contributed by atoms with E-state index < -0.39 is 0 Å². The molecule has 3 aromatic rings. The molecule has 5 rings (SSSR count). The highest BCUT2D eigenvalue weighted by Gasteiger charge is 2.38. The number of benzene rings is 2. The van der Waals surface area contributed by atoms with Gasteiger partial charge >= 0.3 is 12.0 Å². The fourth-order valence-corrected chi connectivity index (χ4v) is 3.84. The van der Waals surface area contributed by atoms with Crippen LogP contribution in [0.2, 0.25) is 0 Å². The number of ketones is 1. The number of fused-ring (bicyclic) bond motifs is 3. The van der Waals surface area contributed by atoms with Crippen molar-refractivity contribution in [2.45, 2.75) is 26.2 Å². The molecule has 0 bridgehead atoms. The van der Waals surface area contributed by atoms with Crippen molar-refractivity contribution in [1.29, 1.82) is 0 Å². The van der Waals surface area contributed by atoms with E-state index in [1.165, 1.54) is 0 Å². The number of ether oxygens (including phenoxy) is 3. The number of rotatable bonds is 3. The van der Waals surface area contributed by atoms with Gasteiger partial charge in [0.15, 0.2) is 5.76 Å². The Morgan fingerprint density at radius 1 is 1.03 bits per heavy atom. The molecule has 7 nitrogen and oxygen atoms in total. The fourth-order valence-electron chi connectivity index (χ4n) is 3.84. The van der Waals surface area contributed by atoms with Gasteiger partial charge in [0.05, 0.1) is 12.0 Å². The Labute approximate surface area is 178 Å². The fraction of sp³-hybridized carbons (Fsp3) is 0.167. The third-order valence-corrected chi connectivity index (χ3v) is 5.22. The van der Waals surface area contributed by atoms with E-state index in [1.54, 1.807) is 36.7 Å². The first kappa shape index (κ1) is 19.0. The zero-order chi connectivity index (χ0) is 21.5. The summed E-state index contributed by atoms with van der Waals surface area (Å²) in [5.41, 5.74) is 2.79. The van der Waals surface area contributed by atoms with Crippen LogP contribution in [0.4, 0.5) is 0 Å². The molecule has 0 saturated heterocycles. The van der Waals surface area contributed by atoms with Gasteiger partial charge in [0.25, 0.3) is 0 Å². The molecule has 0 N–H and O–H groups in total. The molecular formula is C24H18N2O5. The topological polar surface area (TPSA) is 87.6 Å². The standard InChI is InChI=1S/C24H18N2O5/c1-13(2)22-21(28)16-7-8-18-20(23(16)31-22)17(12-19(27)30-18)14-5-3-6-15(11-14)29-24-25-9-4-10-26-24/h3-11,17H,12H2,1-2H3/t17-/m1/s1. The first-order valence-electron chi connectivity index (χ1n) is 9.83. The van der Waals surface area contributed by atoms with Crippen LogP contribution in [0.25, 0.3) is 0 Å². The van der Waals surface area contributed by atoms with Crippen molar-refractivity contribution in [2.75, 3.05) is 0 Å². The first-order valence-corrected chi connectivity index (χ1v) is 9.83. The van der Waals surface area contributed by atoms with E-state index in [9.17, 15) is 9.59 Å². The lowest BCUT2D eigenvalue weighted by atomic mass is 9.84. The van der Waals surface area contributed by atoms with Crippen LogP contribution in [0.5, 0.6) is 23.3 Å². The number of aromatic nitrogens is 2. The van der Waals surface area contributed by atoms with Crippen LogP contribution in [-0.4, -0.2) is 21.7 Å². The Balaban J connectivity index is 1.59. The van der Waals surface area contributed by atoms with Crippen LogP contribution in [-0.2, 0) is 4.79 Å². The number of hydrogen-bond acceptors (Lipinski definition) is 7. The third kappa shape index (κ3) is 3.34. The molecule has 7 heteroatoms. The molecule has 1 aromatic heterocycles. The first-order chi connectivity index (χ1) is 15.0. The summed E-state index contributed by atoms with van der Waals surface area (Å²) in [6, 6.07) is 12.6. The predicted octanol–water partition coefficient (Wildman–Crippen LogP) is 4.58. The predicted molar refractivity (Wildman–Crippen MR) is 110 cm³/mol. The van der Waals surface area contributed by atoms with Gasteiger partial charge in [-0.05, 0) is 55.3 Å². The maximum Gasteiger partial charge on any atom is 0.321 e. The maximum absolute atomic E-state index is 12.8. The highest BCUT2D eigenvalue weighted by molar-refractivity contribution is 6.13. The second kappa shape index (κ2) is 7.36. The number of esters is 1. The summed E-state index contributed by atoms with van der Waals surface area (Å²) < 4.78 is 17.2. The SMILES string of the molecule is CC(C)=C1Oc2c(ccc3c2[C@@H](c2cccc(Oc4ncccn4)c2)CC(=O)O3)C1=O. The molecule has 31 heavy (non-hydrogen) atoms. The van der Waals surface area contributed by atoms with Gasteiger partial charge in [-0.1, -0.05) is 12.1 Å². The molecule has 0 saturated carbocycles. The van der Waals surface area contributed by atoms with E-state index >= 15 is 0 Å². The van der Waals surface area contributed by atoms with Crippen LogP contribution >= 0.6 is 0 Å². The van der Waals surface area contributed by atoms with E-state index in [1.807, 2.05) is 32.0 Å². The molecule has 0 radical (unpaired) electrons. The highest BCUT2D eigenvalue weighted by Crippen LogP contribution is 2.49. The number of carbonyl (C=O) groups is 2. The van der Waals surface area contributed by atoms with Gasteiger partial charge < -0.3 is 14.2 Å². The molecule has 0 unspecified atom stereocenters. The molecule has 0 amide bonds. The Kier molecular flexibility index (Phi) is 4.51. The highest BCUT2D eigenvalue weighted by atomic mass is 16.5. The number of nitrogens with zero attached hydrogens (tertiary/aromatic N) is 2. The molecule has 2 aliphatic rings. The Morgan fingerprint density at radius 3 is 2.61 bits per heavy atom. The second-order valence-corrected chi connectivity index (χ2v) is 7.55. The molecule has 0 spiro atoms. The number of carbonyl (C=O) groups excluding carboxylic acids is 2. The molecule has 0 aliphatic carbocycles. The van der Waals surface area contributed by atoms with Crippen LogP contribution < -0.4 is 14.2 Å². The van der Waals surface area contributed by atoms with Crippen LogP contribution in [0, 0.1) is 0 Å². The minimum absolute atomic E-state index is 0.121. The van der Waals surface area contributed by atoms with Crippen LogP contribution in [0.1, 0.15) is 47.7 Å². The lowest BCUT2D eigenvalue weighted by Gasteiger charge is -2.26. The Bertz CT molecular complexity index is 1250. The Morgan fingerprint density at radius 2 is 1.84 bits per heavy atom. The van der Waals surface area contributed by atoms with Gasteiger partial charge in [-0.25, -0.2) is 9.97 Å². The normalized spacial score (nSPS) is 16.8. The minimum atomic E-state index is -0.351. The van der Waals surface area contributed by atoms with E-state index in [0.717, 1.165) is 11.1 Å². The molecule has 154 valence electrons. The van der Waals surface area contributed by atoms with Crippen molar-refractivity contribution >= 4 is 11.8 Å². The van der Waals surface area contributed by atoms with E-state index in [4.69, 9.17) is 14.2 Å². The number of Topliss-reactive ketones (excluding diaryl/α,β-unsaturated/α-hetero) is 1. The summed E-state index contributed by atoms with van der Waals surface area (Å²) >= 11 is 0. The molecular weight excluding hydrogens is 396 g/mol. The number of hydrogen-bond donors (Lipinski definition) is 0. The maximum atomic E-state index is 12.8. The van der Waals surface area contributed by atoms with E-state index in [0.29, 0.717) is 34.1 Å². The lowest BCUT2D eigenvalue weighted by molar-refractivity contribution is -0.135. The summed E-state index contributed by atoms with van der Waals surface area (Å²) in [5, 5.41) is 0. The van der Waals surface area contributed by atoms with Crippen molar-refractivity contribution in [3.63, 3.8) is 0 Å². The minimum Gasteiger partial charge on any atom is -0.452 e. The Hall–Kier alpha value is -4.00. The van der Waals surface area contributed by atoms with Gasteiger partial charge in [0.1, 0.15) is 17.2 Å². The average Bonchev–Trinajstić information content (AvgIpc) is 3.11. The van der Waals surface area contributed by atoms with Crippen molar-refractivity contribution in [1.82, 2.24) is 9.97 Å². The van der Waals surface area contributed by atoms with E-state index in [-0.39, 0.29) is 30.1 Å². The zero-order valence-corrected chi connectivity index (χ0v) is 16.9. The molecule has 1 atom stereocenters. The number of allylic oxidation sites excluding steroid dienone is 2. The summed E-state index contributed by atoms with van der Waals surface area (Å²) in [5.74, 6) is 0.856. The summed E-state index contributed by atoms with van der Waals surface area (Å²) in [7, 11) is 0. The smallest absolute Gasteiger partial charge is 0.321 e. The van der Waals surface area contributed by atoms with Crippen molar-refractivity contribution in [3.8, 4) is 23.3 Å². The van der Waals surface area contributed by atoms with E-state index in [2.05, 4.69) is 9.97 Å². The van der Waals surface area contributed by atoms with Gasteiger partial charge in [-0.15, -0.1) is 0 Å². The van der Waals surface area contributed by atoms with Gasteiger partial charge in [-0.2, -0.15) is 0 Å². The van der Waals surface area contributed by atoms with Crippen molar-refractivity contribution < 1.29 is 23.8 Å². The van der Waals surface area contributed by atoms with Gasteiger partial charge in [-0.3, -0.25) is 9.59 Å². The van der Waals surface area contributed by atoms with Crippen molar-refractivity contribution in [2.24, 2.45) is 0 Å². The van der Waals surface area contributed by atoms with Gasteiger partial charge in [0, 0.05) is 23.9 Å². The average molecular weight is 414 g/mol. The molecule has 0 fully saturated rings. The lowest BCUT2D eigenvalue weighted by Crippen LogP contribution is -2.21. The van der Waals surface area contributed by atoms with Crippen LogP contribution in [0.3, 0.4) is 0 Å². The summed E-state index contributed by atoms with van der Waals surface area (Å²) in [4.78, 5) is 33.2. The quantitative estimate of drug-likeness (QED) is 0.352. The summed E-state index contributed by atoms with van der Waals surface area (Å²) in [6.45, 7) is 3.66. The summed E-state index contributed by atoms with van der Waals surface area (Å²) in [6.07, 6.45) is 3.31.